The number of rotatable bonds is 4. The summed E-state index contributed by atoms with van der Waals surface area (Å²) in [5.41, 5.74) is 0. The molecule has 0 aromatic carbocycles. The third-order valence-corrected chi connectivity index (χ3v) is 3.85. The predicted molar refractivity (Wildman–Crippen MR) is 67.2 cm³/mol. The molecule has 0 amide bonds. The summed E-state index contributed by atoms with van der Waals surface area (Å²) in [6.45, 7) is 0.731. The lowest BCUT2D eigenvalue weighted by Gasteiger charge is -2.40. The molecule has 0 saturated carbocycles. The van der Waals surface area contributed by atoms with E-state index in [2.05, 4.69) is 0 Å². The Labute approximate surface area is 126 Å². The molecule has 10 heteroatoms. The highest BCUT2D eigenvalue weighted by molar-refractivity contribution is 4.92. The van der Waals surface area contributed by atoms with Crippen molar-refractivity contribution in [2.45, 2.75) is 68.3 Å². The number of aliphatic hydroxyl groups excluding tert-OH is 7. The van der Waals surface area contributed by atoms with Gasteiger partial charge in [-0.3, -0.25) is 0 Å². The SMILES string of the molecule is C[C@H](O)[C@@H]1O[C@@H](O[C@@H]2O[C@H](CO)[C@@H](O)[C@H](O)[C@H]2O)[C@H](O)[C@@H]1O. The molecule has 2 saturated heterocycles. The van der Waals surface area contributed by atoms with Crippen LogP contribution in [0.5, 0.6) is 0 Å². The van der Waals surface area contributed by atoms with Crippen molar-refractivity contribution in [3.05, 3.63) is 0 Å². The average molecular weight is 326 g/mol. The van der Waals surface area contributed by atoms with Gasteiger partial charge in [0.1, 0.15) is 42.7 Å². The Morgan fingerprint density at radius 2 is 1.41 bits per heavy atom. The van der Waals surface area contributed by atoms with Gasteiger partial charge in [-0.2, -0.15) is 0 Å². The van der Waals surface area contributed by atoms with E-state index in [0.717, 1.165) is 0 Å². The molecule has 0 spiro atoms. The van der Waals surface area contributed by atoms with Gasteiger partial charge in [0, 0.05) is 0 Å². The van der Waals surface area contributed by atoms with Crippen LogP contribution in [0, 0.1) is 0 Å². The van der Waals surface area contributed by atoms with Crippen LogP contribution in [0.3, 0.4) is 0 Å². The molecular formula is C12H22O10. The van der Waals surface area contributed by atoms with Crippen molar-refractivity contribution in [1.82, 2.24) is 0 Å². The molecule has 10 atom stereocenters. The molecular weight excluding hydrogens is 304 g/mol. The molecule has 0 aromatic rings. The molecule has 0 unspecified atom stereocenters. The maximum atomic E-state index is 9.83. The smallest absolute Gasteiger partial charge is 0.189 e. The highest BCUT2D eigenvalue weighted by atomic mass is 16.8. The van der Waals surface area contributed by atoms with Crippen molar-refractivity contribution in [1.29, 1.82) is 0 Å². The van der Waals surface area contributed by atoms with E-state index in [4.69, 9.17) is 19.3 Å². The summed E-state index contributed by atoms with van der Waals surface area (Å²) >= 11 is 0. The minimum atomic E-state index is -1.66. The van der Waals surface area contributed by atoms with Gasteiger partial charge in [0.25, 0.3) is 0 Å². The fraction of sp³-hybridized carbons (Fsp3) is 1.00. The maximum absolute atomic E-state index is 9.83. The Morgan fingerprint density at radius 1 is 0.864 bits per heavy atom. The topological polar surface area (TPSA) is 169 Å². The molecule has 2 heterocycles. The quantitative estimate of drug-likeness (QED) is 0.268. The van der Waals surface area contributed by atoms with Gasteiger partial charge in [-0.05, 0) is 6.92 Å². The van der Waals surface area contributed by atoms with E-state index in [9.17, 15) is 30.6 Å². The second-order valence-corrected chi connectivity index (χ2v) is 5.52. The average Bonchev–Trinajstić information content (AvgIpc) is 2.76. The lowest BCUT2D eigenvalue weighted by molar-refractivity contribution is -0.342. The lowest BCUT2D eigenvalue weighted by atomic mass is 9.99. The minimum Gasteiger partial charge on any atom is -0.394 e. The Morgan fingerprint density at radius 3 is 1.91 bits per heavy atom. The normalized spacial score (nSPS) is 51.0. The van der Waals surface area contributed by atoms with Crippen LogP contribution in [0.1, 0.15) is 6.92 Å². The van der Waals surface area contributed by atoms with Crippen LogP contribution in [-0.4, -0.2) is 104 Å². The van der Waals surface area contributed by atoms with Crippen molar-refractivity contribution in [3.8, 4) is 0 Å². The van der Waals surface area contributed by atoms with Gasteiger partial charge < -0.3 is 50.0 Å². The van der Waals surface area contributed by atoms with Crippen LogP contribution in [-0.2, 0) is 14.2 Å². The molecule has 2 aliphatic heterocycles. The molecule has 0 radical (unpaired) electrons. The van der Waals surface area contributed by atoms with Crippen LogP contribution in [0.2, 0.25) is 0 Å². The van der Waals surface area contributed by atoms with Gasteiger partial charge in [-0.25, -0.2) is 0 Å². The summed E-state index contributed by atoms with van der Waals surface area (Å²) < 4.78 is 15.4. The van der Waals surface area contributed by atoms with Crippen molar-refractivity contribution in [3.63, 3.8) is 0 Å². The molecule has 0 aromatic heterocycles. The number of hydrogen-bond donors (Lipinski definition) is 7. The predicted octanol–water partition coefficient (Wildman–Crippen LogP) is -4.37. The van der Waals surface area contributed by atoms with Crippen molar-refractivity contribution >= 4 is 0 Å². The number of aliphatic hydroxyl groups is 7. The molecule has 10 nitrogen and oxygen atoms in total. The minimum absolute atomic E-state index is 0.627. The Kier molecular flexibility index (Phi) is 5.72. The van der Waals surface area contributed by atoms with Crippen LogP contribution >= 0.6 is 0 Å². The molecule has 22 heavy (non-hydrogen) atoms. The first kappa shape index (κ1) is 17.9. The third-order valence-electron chi connectivity index (χ3n) is 3.85. The summed E-state index contributed by atoms with van der Waals surface area (Å²) in [4.78, 5) is 0. The second kappa shape index (κ2) is 7.01. The summed E-state index contributed by atoms with van der Waals surface area (Å²) in [6.07, 6.45) is -14.0. The Hall–Kier alpha value is -0.400. The van der Waals surface area contributed by atoms with Gasteiger partial charge >= 0.3 is 0 Å². The largest absolute Gasteiger partial charge is 0.394 e. The fourth-order valence-corrected chi connectivity index (χ4v) is 2.49. The fourth-order valence-electron chi connectivity index (χ4n) is 2.49. The van der Waals surface area contributed by atoms with Gasteiger partial charge in [-0.15, -0.1) is 0 Å². The van der Waals surface area contributed by atoms with E-state index in [1.54, 1.807) is 0 Å². The first-order valence-corrected chi connectivity index (χ1v) is 6.93. The van der Waals surface area contributed by atoms with Crippen molar-refractivity contribution in [2.24, 2.45) is 0 Å². The van der Waals surface area contributed by atoms with Crippen LogP contribution < -0.4 is 0 Å². The van der Waals surface area contributed by atoms with Crippen LogP contribution in [0.25, 0.3) is 0 Å². The van der Waals surface area contributed by atoms with E-state index < -0.39 is 68.0 Å². The zero-order valence-corrected chi connectivity index (χ0v) is 11.8. The number of hydrogen-bond acceptors (Lipinski definition) is 10. The summed E-state index contributed by atoms with van der Waals surface area (Å²) in [5, 5.41) is 67.2. The van der Waals surface area contributed by atoms with Gasteiger partial charge in [0.15, 0.2) is 12.6 Å². The summed E-state index contributed by atoms with van der Waals surface area (Å²) in [7, 11) is 0. The standard InChI is InChI=1S/C12H22O10/c1-3(14)10-7(17)9(19)12(21-10)22-11-8(18)6(16)5(15)4(2-13)20-11/h3-19H,2H2,1H3/t3-,4+,5+,6-,7-,8+,9+,10-,11-,12-/m0/s1. The van der Waals surface area contributed by atoms with Gasteiger partial charge in [-0.1, -0.05) is 0 Å². The van der Waals surface area contributed by atoms with E-state index in [1.807, 2.05) is 0 Å². The molecule has 2 rings (SSSR count). The Balaban J connectivity index is 2.03. The van der Waals surface area contributed by atoms with Crippen molar-refractivity contribution < 1.29 is 50.0 Å². The summed E-state index contributed by atoms with van der Waals surface area (Å²) in [6, 6.07) is 0. The molecule has 2 aliphatic rings. The molecule has 7 N–H and O–H groups in total. The zero-order chi connectivity index (χ0) is 16.6. The van der Waals surface area contributed by atoms with E-state index >= 15 is 0 Å². The molecule has 130 valence electrons. The maximum Gasteiger partial charge on any atom is 0.189 e. The van der Waals surface area contributed by atoms with Gasteiger partial charge in [0.05, 0.1) is 12.7 Å². The highest BCUT2D eigenvalue weighted by Gasteiger charge is 2.50. The Bertz CT molecular complexity index is 364. The highest BCUT2D eigenvalue weighted by Crippen LogP contribution is 2.29. The molecule has 0 bridgehead atoms. The zero-order valence-electron chi connectivity index (χ0n) is 11.8. The van der Waals surface area contributed by atoms with E-state index in [1.165, 1.54) is 6.92 Å². The van der Waals surface area contributed by atoms with Crippen molar-refractivity contribution in [2.75, 3.05) is 6.61 Å². The summed E-state index contributed by atoms with van der Waals surface area (Å²) in [5.74, 6) is 0. The third kappa shape index (κ3) is 3.26. The lowest BCUT2D eigenvalue weighted by Crippen LogP contribution is -2.60. The van der Waals surface area contributed by atoms with Gasteiger partial charge in [0.2, 0.25) is 0 Å². The van der Waals surface area contributed by atoms with E-state index in [0.29, 0.717) is 0 Å². The second-order valence-electron chi connectivity index (χ2n) is 5.52. The van der Waals surface area contributed by atoms with Crippen LogP contribution in [0.15, 0.2) is 0 Å². The monoisotopic (exact) mass is 326 g/mol. The molecule has 0 aliphatic carbocycles. The first-order valence-electron chi connectivity index (χ1n) is 6.93. The molecule has 2 fully saturated rings. The van der Waals surface area contributed by atoms with Crippen LogP contribution in [0.4, 0.5) is 0 Å². The number of ether oxygens (including phenoxy) is 3. The first-order chi connectivity index (χ1) is 10.3. The van der Waals surface area contributed by atoms with E-state index in [-0.39, 0.29) is 0 Å².